The summed E-state index contributed by atoms with van der Waals surface area (Å²) < 4.78 is 0. The van der Waals surface area contributed by atoms with Crippen LogP contribution in [0.2, 0.25) is 0 Å². The molecule has 1 atom stereocenters. The number of rotatable bonds is 5. The van der Waals surface area contributed by atoms with Gasteiger partial charge in [0.25, 0.3) is 0 Å². The maximum Gasteiger partial charge on any atom is 0.405 e. The average molecular weight is 194 g/mol. The maximum atomic E-state index is 10.3. The molecule has 0 radical (unpaired) electrons. The molecule has 1 amide bonds. The molecule has 70 valence electrons. The highest BCUT2D eigenvalue weighted by Gasteiger charge is 2.13. The Morgan fingerprint density at radius 1 is 1.42 bits per heavy atom. The summed E-state index contributed by atoms with van der Waals surface area (Å²) in [5.74, 6) is -0.950. The van der Waals surface area contributed by atoms with Crippen molar-refractivity contribution in [3.05, 3.63) is 0 Å². The first-order chi connectivity index (χ1) is 5.57. The van der Waals surface area contributed by atoms with Crippen LogP contribution in [0, 0.1) is 0 Å². The fourth-order valence-corrected chi connectivity index (χ4v) is 0.765. The van der Waals surface area contributed by atoms with Gasteiger partial charge in [0.1, 0.15) is 6.04 Å². The van der Waals surface area contributed by atoms with Crippen LogP contribution >= 0.6 is 12.6 Å². The Hall–Kier alpha value is -0.950. The van der Waals surface area contributed by atoms with E-state index in [-0.39, 0.29) is 12.4 Å². The lowest BCUT2D eigenvalue weighted by Gasteiger charge is -2.10. The zero-order chi connectivity index (χ0) is 9.56. The largest absolute Gasteiger partial charge is 0.480 e. The lowest BCUT2D eigenvalue weighted by Crippen LogP contribution is -2.44. The SMILES string of the molecule is O=C(O)NCNC(CS)C(=O)O. The Bertz CT molecular complexity index is 175. The first-order valence-electron chi connectivity index (χ1n) is 3.11. The van der Waals surface area contributed by atoms with Crippen LogP contribution in [-0.4, -0.2) is 40.7 Å². The predicted molar refractivity (Wildman–Crippen MR) is 44.4 cm³/mol. The van der Waals surface area contributed by atoms with Gasteiger partial charge in [-0.3, -0.25) is 10.1 Å². The highest BCUT2D eigenvalue weighted by Crippen LogP contribution is 1.86. The standard InChI is InChI=1S/C5H10N2O4S/c8-4(9)3(1-12)6-2-7-5(10)11/h3,6-7,12H,1-2H2,(H,8,9)(H,10,11). The molecule has 0 spiro atoms. The first-order valence-corrected chi connectivity index (χ1v) is 3.75. The van der Waals surface area contributed by atoms with Crippen LogP contribution in [0.15, 0.2) is 0 Å². The van der Waals surface area contributed by atoms with Crippen LogP contribution in [0.5, 0.6) is 0 Å². The molecule has 0 aliphatic heterocycles. The number of hydrogen-bond acceptors (Lipinski definition) is 4. The lowest BCUT2D eigenvalue weighted by atomic mass is 10.3. The topological polar surface area (TPSA) is 98.7 Å². The molecule has 1 unspecified atom stereocenters. The van der Waals surface area contributed by atoms with Crippen LogP contribution in [0.4, 0.5) is 4.79 Å². The minimum Gasteiger partial charge on any atom is -0.480 e. The summed E-state index contributed by atoms with van der Waals surface area (Å²) in [6.45, 7) is -0.104. The highest BCUT2D eigenvalue weighted by molar-refractivity contribution is 7.80. The van der Waals surface area contributed by atoms with E-state index >= 15 is 0 Å². The van der Waals surface area contributed by atoms with Crippen LogP contribution in [-0.2, 0) is 4.79 Å². The van der Waals surface area contributed by atoms with Crippen LogP contribution in [0.3, 0.4) is 0 Å². The highest BCUT2D eigenvalue weighted by atomic mass is 32.1. The summed E-state index contributed by atoms with van der Waals surface area (Å²) in [4.78, 5) is 20.2. The third-order valence-corrected chi connectivity index (χ3v) is 1.43. The third kappa shape index (κ3) is 4.80. The Morgan fingerprint density at radius 2 is 2.00 bits per heavy atom. The van der Waals surface area contributed by atoms with E-state index in [4.69, 9.17) is 10.2 Å². The minimum atomic E-state index is -1.20. The third-order valence-electron chi connectivity index (χ3n) is 1.07. The zero-order valence-corrected chi connectivity index (χ0v) is 7.04. The second kappa shape index (κ2) is 5.67. The second-order valence-corrected chi connectivity index (χ2v) is 2.30. The molecule has 0 aromatic carbocycles. The normalized spacial score (nSPS) is 12.1. The quantitative estimate of drug-likeness (QED) is 0.291. The number of hydrogen-bond donors (Lipinski definition) is 5. The molecule has 4 N–H and O–H groups in total. The second-order valence-electron chi connectivity index (χ2n) is 1.94. The van der Waals surface area contributed by atoms with Crippen LogP contribution in [0.1, 0.15) is 0 Å². The van der Waals surface area contributed by atoms with E-state index in [1.165, 1.54) is 0 Å². The summed E-state index contributed by atoms with van der Waals surface area (Å²) in [6.07, 6.45) is -1.20. The van der Waals surface area contributed by atoms with Crippen LogP contribution in [0.25, 0.3) is 0 Å². The maximum absolute atomic E-state index is 10.3. The van der Waals surface area contributed by atoms with E-state index in [9.17, 15) is 9.59 Å². The van der Waals surface area contributed by atoms with Gasteiger partial charge in [0.2, 0.25) is 0 Å². The van der Waals surface area contributed by atoms with Gasteiger partial charge < -0.3 is 15.5 Å². The fraction of sp³-hybridized carbons (Fsp3) is 0.600. The van der Waals surface area contributed by atoms with Crippen molar-refractivity contribution in [2.24, 2.45) is 0 Å². The molecule has 12 heavy (non-hydrogen) atoms. The Labute approximate surface area is 74.4 Å². The summed E-state index contributed by atoms with van der Waals surface area (Å²) in [7, 11) is 0. The molecule has 0 aliphatic carbocycles. The van der Waals surface area contributed by atoms with Gasteiger partial charge in [0, 0.05) is 5.75 Å². The number of nitrogens with one attached hydrogen (secondary N) is 2. The Kier molecular flexibility index (Phi) is 5.22. The predicted octanol–water partition coefficient (Wildman–Crippen LogP) is -0.816. The number of amides is 1. The van der Waals surface area contributed by atoms with Crippen molar-refractivity contribution in [2.45, 2.75) is 6.04 Å². The van der Waals surface area contributed by atoms with Crippen molar-refractivity contribution >= 4 is 24.7 Å². The molecular weight excluding hydrogens is 184 g/mol. The van der Waals surface area contributed by atoms with Crippen molar-refractivity contribution < 1.29 is 19.8 Å². The molecule has 0 aromatic rings. The zero-order valence-electron chi connectivity index (χ0n) is 6.15. The van der Waals surface area contributed by atoms with E-state index in [2.05, 4.69) is 17.9 Å². The number of carboxylic acid groups (broad SMARTS) is 2. The summed E-state index contributed by atoms with van der Waals surface area (Å²) in [6, 6.07) is -0.833. The fourth-order valence-electron chi connectivity index (χ4n) is 0.480. The molecule has 6 nitrogen and oxygen atoms in total. The van der Waals surface area contributed by atoms with Gasteiger partial charge in [-0.2, -0.15) is 12.6 Å². The molecule has 7 heteroatoms. The van der Waals surface area contributed by atoms with Crippen molar-refractivity contribution in [2.75, 3.05) is 12.4 Å². The molecule has 0 aromatic heterocycles. The van der Waals surface area contributed by atoms with Gasteiger partial charge in [-0.15, -0.1) is 0 Å². The molecular formula is C5H10N2O4S. The molecule has 0 saturated heterocycles. The molecule has 0 heterocycles. The van der Waals surface area contributed by atoms with Gasteiger partial charge in [0.15, 0.2) is 0 Å². The van der Waals surface area contributed by atoms with E-state index in [1.54, 1.807) is 0 Å². The molecule has 0 fully saturated rings. The van der Waals surface area contributed by atoms with Gasteiger partial charge >= 0.3 is 12.1 Å². The number of thiol groups is 1. The first kappa shape index (κ1) is 11.1. The van der Waals surface area contributed by atoms with Gasteiger partial charge in [-0.1, -0.05) is 0 Å². The van der Waals surface area contributed by atoms with E-state index in [1.807, 2.05) is 5.32 Å². The van der Waals surface area contributed by atoms with E-state index in [0.29, 0.717) is 0 Å². The smallest absolute Gasteiger partial charge is 0.405 e. The van der Waals surface area contributed by atoms with Gasteiger partial charge in [-0.25, -0.2) is 4.79 Å². The summed E-state index contributed by atoms with van der Waals surface area (Å²) in [5, 5.41) is 21.0. The Morgan fingerprint density at radius 3 is 2.33 bits per heavy atom. The van der Waals surface area contributed by atoms with Crippen molar-refractivity contribution in [3.8, 4) is 0 Å². The number of aliphatic carboxylic acids is 1. The van der Waals surface area contributed by atoms with Crippen molar-refractivity contribution in [1.29, 1.82) is 0 Å². The summed E-state index contributed by atoms with van der Waals surface area (Å²) >= 11 is 3.76. The monoisotopic (exact) mass is 194 g/mol. The minimum absolute atomic E-state index is 0.104. The molecule has 0 bridgehead atoms. The van der Waals surface area contributed by atoms with Crippen LogP contribution < -0.4 is 10.6 Å². The Balaban J connectivity index is 3.59. The molecule has 0 rings (SSSR count). The lowest BCUT2D eigenvalue weighted by molar-refractivity contribution is -0.138. The molecule has 0 saturated carbocycles. The number of carboxylic acids is 1. The number of carbonyl (C=O) groups is 2. The van der Waals surface area contributed by atoms with Crippen molar-refractivity contribution in [3.63, 3.8) is 0 Å². The molecule has 0 aliphatic rings. The van der Waals surface area contributed by atoms with Gasteiger partial charge in [-0.05, 0) is 0 Å². The summed E-state index contributed by atoms with van der Waals surface area (Å²) in [5.41, 5.74) is 0. The van der Waals surface area contributed by atoms with E-state index in [0.717, 1.165) is 0 Å². The van der Waals surface area contributed by atoms with Crippen molar-refractivity contribution in [1.82, 2.24) is 10.6 Å². The average Bonchev–Trinajstić information content (AvgIpc) is 1.96. The van der Waals surface area contributed by atoms with E-state index < -0.39 is 18.1 Å². The van der Waals surface area contributed by atoms with Gasteiger partial charge in [0.05, 0.1) is 6.67 Å².